The van der Waals surface area contributed by atoms with Crippen LogP contribution in [0.4, 0.5) is 5.69 Å². The number of nitrogens with one attached hydrogen (secondary N) is 1. The predicted octanol–water partition coefficient (Wildman–Crippen LogP) is 1.53. The Bertz CT molecular complexity index is 646. The van der Waals surface area contributed by atoms with Gasteiger partial charge in [-0.1, -0.05) is 0 Å². The van der Waals surface area contributed by atoms with E-state index in [1.54, 1.807) is 12.1 Å². The van der Waals surface area contributed by atoms with E-state index in [1.165, 1.54) is 25.4 Å². The number of methoxy groups -OCH3 is 1. The van der Waals surface area contributed by atoms with Gasteiger partial charge in [0.05, 0.1) is 12.8 Å². The molecule has 0 aliphatic carbocycles. The molecule has 19 heavy (non-hydrogen) atoms. The number of hydrogen-bond acceptors (Lipinski definition) is 4. The first-order valence-corrected chi connectivity index (χ1v) is 5.43. The molecular formula is C13H12N2O4. The van der Waals surface area contributed by atoms with Crippen molar-refractivity contribution in [1.29, 1.82) is 0 Å². The molecule has 0 fully saturated rings. The number of nitrogens with two attached hydrogens (primary N) is 1. The third kappa shape index (κ3) is 2.42. The molecule has 0 atom stereocenters. The van der Waals surface area contributed by atoms with Crippen LogP contribution in [0.2, 0.25) is 0 Å². The van der Waals surface area contributed by atoms with Crippen LogP contribution in [-0.2, 0) is 0 Å². The smallest absolute Gasteiger partial charge is 0.352 e. The average Bonchev–Trinajstić information content (AvgIpc) is 2.87. The Morgan fingerprint density at radius 3 is 2.53 bits per heavy atom. The first-order valence-electron chi connectivity index (χ1n) is 5.43. The Kier molecular flexibility index (Phi) is 3.24. The second kappa shape index (κ2) is 4.85. The standard InChI is InChI=1S/C13H12N2O4/c1-19-11-3-2-7(4-9(11)14)12(16)8-5-10(13(17)18)15-6-8/h2-6,15H,14H2,1H3,(H,17,18). The molecule has 1 aromatic heterocycles. The number of ether oxygens (including phenoxy) is 1. The monoisotopic (exact) mass is 260 g/mol. The van der Waals surface area contributed by atoms with Gasteiger partial charge in [-0.3, -0.25) is 4.79 Å². The van der Waals surface area contributed by atoms with Crippen molar-refractivity contribution in [2.24, 2.45) is 0 Å². The van der Waals surface area contributed by atoms with Gasteiger partial charge >= 0.3 is 5.97 Å². The summed E-state index contributed by atoms with van der Waals surface area (Å²) in [6, 6.07) is 5.94. The summed E-state index contributed by atoms with van der Waals surface area (Å²) in [7, 11) is 1.48. The van der Waals surface area contributed by atoms with Crippen LogP contribution < -0.4 is 10.5 Å². The summed E-state index contributed by atoms with van der Waals surface area (Å²) in [6.07, 6.45) is 1.35. The van der Waals surface area contributed by atoms with Gasteiger partial charge < -0.3 is 20.6 Å². The van der Waals surface area contributed by atoms with Gasteiger partial charge in [0, 0.05) is 17.3 Å². The van der Waals surface area contributed by atoms with Crippen LogP contribution in [0.25, 0.3) is 0 Å². The number of rotatable bonds is 4. The molecule has 98 valence electrons. The van der Waals surface area contributed by atoms with E-state index in [-0.39, 0.29) is 17.0 Å². The molecule has 0 aliphatic rings. The van der Waals surface area contributed by atoms with Crippen LogP contribution in [0.3, 0.4) is 0 Å². The van der Waals surface area contributed by atoms with Crippen molar-refractivity contribution >= 4 is 17.4 Å². The van der Waals surface area contributed by atoms with Crippen LogP contribution in [-0.4, -0.2) is 29.0 Å². The van der Waals surface area contributed by atoms with Crippen molar-refractivity contribution in [3.8, 4) is 5.75 Å². The topological polar surface area (TPSA) is 105 Å². The number of carbonyl (C=O) groups excluding carboxylic acids is 1. The van der Waals surface area contributed by atoms with E-state index in [9.17, 15) is 9.59 Å². The molecule has 1 heterocycles. The summed E-state index contributed by atoms with van der Waals surface area (Å²) in [5.74, 6) is -0.941. The summed E-state index contributed by atoms with van der Waals surface area (Å²) in [6.45, 7) is 0. The zero-order valence-corrected chi connectivity index (χ0v) is 10.1. The van der Waals surface area contributed by atoms with E-state index in [1.807, 2.05) is 0 Å². The molecule has 2 aromatic rings. The second-order valence-corrected chi connectivity index (χ2v) is 3.89. The highest BCUT2D eigenvalue weighted by atomic mass is 16.5. The molecule has 6 heteroatoms. The molecule has 0 spiro atoms. The second-order valence-electron chi connectivity index (χ2n) is 3.89. The van der Waals surface area contributed by atoms with Crippen molar-refractivity contribution in [2.45, 2.75) is 0 Å². The lowest BCUT2D eigenvalue weighted by Crippen LogP contribution is -2.02. The molecule has 6 nitrogen and oxygen atoms in total. The number of hydrogen-bond donors (Lipinski definition) is 3. The van der Waals surface area contributed by atoms with Crippen LogP contribution in [0.15, 0.2) is 30.5 Å². The summed E-state index contributed by atoms with van der Waals surface area (Å²) >= 11 is 0. The largest absolute Gasteiger partial charge is 0.495 e. The van der Waals surface area contributed by atoms with Crippen molar-refractivity contribution in [1.82, 2.24) is 4.98 Å². The molecule has 0 unspecified atom stereocenters. The van der Waals surface area contributed by atoms with Crippen molar-refractivity contribution in [3.05, 3.63) is 47.3 Å². The normalized spacial score (nSPS) is 10.2. The maximum absolute atomic E-state index is 12.1. The molecular weight excluding hydrogens is 248 g/mol. The number of nitrogen functional groups attached to an aromatic ring is 1. The van der Waals surface area contributed by atoms with E-state index in [0.717, 1.165) is 0 Å². The van der Waals surface area contributed by atoms with E-state index < -0.39 is 5.97 Å². The molecule has 0 aliphatic heterocycles. The van der Waals surface area contributed by atoms with E-state index >= 15 is 0 Å². The SMILES string of the molecule is COc1ccc(C(=O)c2c[nH]c(C(=O)O)c2)cc1N. The fraction of sp³-hybridized carbons (Fsp3) is 0.0769. The zero-order valence-electron chi connectivity index (χ0n) is 10.1. The predicted molar refractivity (Wildman–Crippen MR) is 68.6 cm³/mol. The highest BCUT2D eigenvalue weighted by molar-refractivity contribution is 6.10. The molecule has 0 saturated carbocycles. The van der Waals surface area contributed by atoms with Gasteiger partial charge in [0.2, 0.25) is 0 Å². The fourth-order valence-corrected chi connectivity index (χ4v) is 1.69. The molecule has 0 saturated heterocycles. The number of benzene rings is 1. The first kappa shape index (κ1) is 12.7. The molecule has 2 rings (SSSR count). The van der Waals surface area contributed by atoms with Crippen LogP contribution >= 0.6 is 0 Å². The van der Waals surface area contributed by atoms with E-state index in [4.69, 9.17) is 15.6 Å². The number of carbonyl (C=O) groups is 2. The minimum absolute atomic E-state index is 0.0372. The lowest BCUT2D eigenvalue weighted by molar-refractivity contribution is 0.0691. The molecule has 0 amide bonds. The first-order chi connectivity index (χ1) is 9.02. The van der Waals surface area contributed by atoms with Crippen LogP contribution in [0, 0.1) is 0 Å². The third-order valence-corrected chi connectivity index (χ3v) is 2.67. The van der Waals surface area contributed by atoms with Gasteiger partial charge in [-0.25, -0.2) is 4.79 Å². The summed E-state index contributed by atoms with van der Waals surface area (Å²) < 4.78 is 5.00. The quantitative estimate of drug-likeness (QED) is 0.571. The molecule has 0 bridgehead atoms. The number of carboxylic acid groups (broad SMARTS) is 1. The summed E-state index contributed by atoms with van der Waals surface area (Å²) in [5, 5.41) is 8.78. The molecule has 1 aromatic carbocycles. The number of H-pyrrole nitrogens is 1. The Hall–Kier alpha value is -2.76. The minimum atomic E-state index is -1.12. The number of aromatic amines is 1. The zero-order chi connectivity index (χ0) is 14.0. The van der Waals surface area contributed by atoms with Gasteiger partial charge in [0.15, 0.2) is 5.78 Å². The number of ketones is 1. The van der Waals surface area contributed by atoms with Crippen molar-refractivity contribution < 1.29 is 19.4 Å². The highest BCUT2D eigenvalue weighted by Gasteiger charge is 2.15. The number of carboxylic acids is 1. The van der Waals surface area contributed by atoms with Crippen LogP contribution in [0.5, 0.6) is 5.75 Å². The van der Waals surface area contributed by atoms with Gasteiger partial charge in [0.25, 0.3) is 0 Å². The number of aromatic carboxylic acids is 1. The van der Waals surface area contributed by atoms with Crippen molar-refractivity contribution in [2.75, 3.05) is 12.8 Å². The third-order valence-electron chi connectivity index (χ3n) is 2.67. The average molecular weight is 260 g/mol. The maximum atomic E-state index is 12.1. The summed E-state index contributed by atoms with van der Waals surface area (Å²) in [5.41, 5.74) is 6.67. The fourth-order valence-electron chi connectivity index (χ4n) is 1.69. The van der Waals surface area contributed by atoms with Gasteiger partial charge in [-0.2, -0.15) is 0 Å². The van der Waals surface area contributed by atoms with E-state index in [0.29, 0.717) is 17.0 Å². The molecule has 0 radical (unpaired) electrons. The maximum Gasteiger partial charge on any atom is 0.352 e. The van der Waals surface area contributed by atoms with Crippen LogP contribution in [0.1, 0.15) is 26.4 Å². The van der Waals surface area contributed by atoms with Crippen molar-refractivity contribution in [3.63, 3.8) is 0 Å². The molecule has 4 N–H and O–H groups in total. The lowest BCUT2D eigenvalue weighted by Gasteiger charge is -2.05. The van der Waals surface area contributed by atoms with Gasteiger partial charge in [-0.05, 0) is 24.3 Å². The minimum Gasteiger partial charge on any atom is -0.495 e. The Balaban J connectivity index is 2.33. The van der Waals surface area contributed by atoms with E-state index in [2.05, 4.69) is 4.98 Å². The Labute approximate surface area is 108 Å². The number of anilines is 1. The summed E-state index contributed by atoms with van der Waals surface area (Å²) in [4.78, 5) is 25.4. The number of aromatic nitrogens is 1. The Morgan fingerprint density at radius 1 is 1.26 bits per heavy atom. The van der Waals surface area contributed by atoms with Gasteiger partial charge in [-0.15, -0.1) is 0 Å². The Morgan fingerprint density at radius 2 is 2.00 bits per heavy atom. The van der Waals surface area contributed by atoms with Gasteiger partial charge in [0.1, 0.15) is 11.4 Å². The lowest BCUT2D eigenvalue weighted by atomic mass is 10.0. The highest BCUT2D eigenvalue weighted by Crippen LogP contribution is 2.23.